The molecule has 0 amide bonds. The molecule has 0 saturated carbocycles. The molecule has 0 heterocycles. The number of hydrogen-bond acceptors (Lipinski definition) is 2. The summed E-state index contributed by atoms with van der Waals surface area (Å²) in [4.78, 5) is 9.90. The van der Waals surface area contributed by atoms with Crippen LogP contribution in [-0.2, 0) is 4.79 Å². The maximum atomic E-state index is 9.90. The second-order valence-corrected chi connectivity index (χ2v) is 12.1. The lowest BCUT2D eigenvalue weighted by Crippen LogP contribution is -2.52. The molecule has 0 aromatic carbocycles. The van der Waals surface area contributed by atoms with Gasteiger partial charge >= 0.3 is 0 Å². The van der Waals surface area contributed by atoms with Gasteiger partial charge in [0.05, 0.1) is 26.2 Å². The highest BCUT2D eigenvalue weighted by Gasteiger charge is 2.27. The number of quaternary nitrogens is 1. The molecule has 3 heteroatoms. The first-order valence-electron chi connectivity index (χ1n) is 12.1. The first-order chi connectivity index (χ1) is 13.1. The Morgan fingerprint density at radius 1 is 0.655 bits per heavy atom. The van der Waals surface area contributed by atoms with Crippen LogP contribution in [0.25, 0.3) is 0 Å². The molecule has 0 atom stereocenters. The second-order valence-electron chi connectivity index (χ2n) is 12.1. The number of carboxylic acid groups (broad SMARTS) is 1. The minimum absolute atomic E-state index is 0.132. The molecule has 176 valence electrons. The standard InChI is InChI=1S/C20H44N.C6H12O2/c1-17(2)9-13-21(14-10-18(3)4,15-11-19(5)6)16-12-20(7)8;1-6(2,3)4-5(7)8/h17-20H,9-16H2,1-8H3;4H2,1-3H3,(H,7,8)/q+1;/p-1. The molecule has 0 rings (SSSR count). The third kappa shape index (κ3) is 21.9. The third-order valence-corrected chi connectivity index (χ3v) is 5.40. The van der Waals surface area contributed by atoms with Crippen LogP contribution in [-0.4, -0.2) is 36.6 Å². The van der Waals surface area contributed by atoms with E-state index in [0.717, 1.165) is 23.7 Å². The summed E-state index contributed by atoms with van der Waals surface area (Å²) in [6.45, 7) is 30.2. The maximum absolute atomic E-state index is 9.90. The molecule has 0 bridgehead atoms. The SMILES string of the molecule is CC(C)(C)CC(=O)[O-].CC(C)CC[N+](CCC(C)C)(CCC(C)C)CCC(C)C. The molecule has 0 fully saturated rings. The van der Waals surface area contributed by atoms with Crippen LogP contribution in [0.3, 0.4) is 0 Å². The van der Waals surface area contributed by atoms with E-state index in [4.69, 9.17) is 0 Å². The van der Waals surface area contributed by atoms with E-state index in [9.17, 15) is 9.90 Å². The van der Waals surface area contributed by atoms with E-state index in [1.165, 1.54) is 56.3 Å². The zero-order valence-corrected chi connectivity index (χ0v) is 21.9. The summed E-state index contributed by atoms with van der Waals surface area (Å²) in [5.41, 5.74) is -0.140. The van der Waals surface area contributed by atoms with Crippen LogP contribution >= 0.6 is 0 Å². The summed E-state index contributed by atoms with van der Waals surface area (Å²) in [7, 11) is 0. The van der Waals surface area contributed by atoms with Gasteiger partial charge in [0, 0.05) is 5.97 Å². The lowest BCUT2D eigenvalue weighted by Gasteiger charge is -2.41. The Kier molecular flexibility index (Phi) is 16.1. The fraction of sp³-hybridized carbons (Fsp3) is 0.962. The van der Waals surface area contributed by atoms with Crippen molar-refractivity contribution >= 4 is 5.97 Å². The maximum Gasteiger partial charge on any atom is 0.0789 e. The van der Waals surface area contributed by atoms with Crippen molar-refractivity contribution < 1.29 is 14.4 Å². The number of carboxylic acids is 1. The van der Waals surface area contributed by atoms with E-state index in [-0.39, 0.29) is 11.8 Å². The van der Waals surface area contributed by atoms with Crippen LogP contribution < -0.4 is 5.11 Å². The van der Waals surface area contributed by atoms with E-state index >= 15 is 0 Å². The van der Waals surface area contributed by atoms with Gasteiger partial charge < -0.3 is 14.4 Å². The van der Waals surface area contributed by atoms with Gasteiger partial charge in [0.25, 0.3) is 0 Å². The summed E-state index contributed by atoms with van der Waals surface area (Å²) in [5, 5.41) is 9.90. The first-order valence-corrected chi connectivity index (χ1v) is 12.1. The molecule has 0 aliphatic heterocycles. The molecule has 0 unspecified atom stereocenters. The molecule has 0 saturated heterocycles. The average Bonchev–Trinajstić information content (AvgIpc) is 2.51. The molecule has 0 aliphatic rings. The molecule has 0 spiro atoms. The Balaban J connectivity index is 0. The zero-order chi connectivity index (χ0) is 23.3. The Morgan fingerprint density at radius 2 is 0.897 bits per heavy atom. The fourth-order valence-corrected chi connectivity index (χ4v) is 3.23. The van der Waals surface area contributed by atoms with Gasteiger partial charge in [0.1, 0.15) is 0 Å². The van der Waals surface area contributed by atoms with E-state index in [2.05, 4.69) is 55.4 Å². The van der Waals surface area contributed by atoms with Gasteiger partial charge in [0.2, 0.25) is 0 Å². The highest BCUT2D eigenvalue weighted by atomic mass is 16.4. The molecule has 3 nitrogen and oxygen atoms in total. The third-order valence-electron chi connectivity index (χ3n) is 5.40. The minimum atomic E-state index is -0.975. The molecule has 0 aliphatic carbocycles. The van der Waals surface area contributed by atoms with Crippen LogP contribution in [0.15, 0.2) is 0 Å². The quantitative estimate of drug-likeness (QED) is 0.339. The van der Waals surface area contributed by atoms with Gasteiger partial charge in [-0.05, 0) is 61.2 Å². The zero-order valence-electron chi connectivity index (χ0n) is 21.9. The highest BCUT2D eigenvalue weighted by Crippen LogP contribution is 2.21. The van der Waals surface area contributed by atoms with Gasteiger partial charge in [-0.25, -0.2) is 0 Å². The van der Waals surface area contributed by atoms with E-state index in [1.807, 2.05) is 20.8 Å². The van der Waals surface area contributed by atoms with E-state index < -0.39 is 5.97 Å². The van der Waals surface area contributed by atoms with Crippen molar-refractivity contribution in [3.05, 3.63) is 0 Å². The number of nitrogens with zero attached hydrogens (tertiary/aromatic N) is 1. The number of hydrogen-bond donors (Lipinski definition) is 0. The largest absolute Gasteiger partial charge is 0.550 e. The monoisotopic (exact) mass is 413 g/mol. The number of carbonyl (C=O) groups is 1. The summed E-state index contributed by atoms with van der Waals surface area (Å²) >= 11 is 0. The van der Waals surface area contributed by atoms with Crippen molar-refractivity contribution in [3.63, 3.8) is 0 Å². The Labute approximate surface area is 184 Å². The predicted octanol–water partition coefficient (Wildman–Crippen LogP) is 6.16. The van der Waals surface area contributed by atoms with Gasteiger partial charge in [0.15, 0.2) is 0 Å². The van der Waals surface area contributed by atoms with Crippen LogP contribution in [0.5, 0.6) is 0 Å². The van der Waals surface area contributed by atoms with E-state index in [0.29, 0.717) is 0 Å². The van der Waals surface area contributed by atoms with Crippen molar-refractivity contribution in [1.29, 1.82) is 0 Å². The number of rotatable bonds is 13. The average molecular weight is 414 g/mol. The first kappa shape index (κ1) is 30.6. The highest BCUT2D eigenvalue weighted by molar-refractivity contribution is 5.64. The fourth-order valence-electron chi connectivity index (χ4n) is 3.23. The summed E-state index contributed by atoms with van der Waals surface area (Å²) in [5.74, 6) is 2.36. The topological polar surface area (TPSA) is 40.1 Å². The Morgan fingerprint density at radius 3 is 1.00 bits per heavy atom. The van der Waals surface area contributed by atoms with Crippen molar-refractivity contribution in [2.75, 3.05) is 26.2 Å². The van der Waals surface area contributed by atoms with Gasteiger partial charge in [-0.3, -0.25) is 0 Å². The normalized spacial score (nSPS) is 12.7. The van der Waals surface area contributed by atoms with Crippen LogP contribution in [0.1, 0.15) is 108 Å². The molecule has 0 aromatic rings. The second kappa shape index (κ2) is 15.3. The van der Waals surface area contributed by atoms with Gasteiger partial charge in [-0.2, -0.15) is 0 Å². The van der Waals surface area contributed by atoms with Crippen molar-refractivity contribution in [2.45, 2.75) is 108 Å². The van der Waals surface area contributed by atoms with Crippen LogP contribution in [0.4, 0.5) is 0 Å². The summed E-state index contributed by atoms with van der Waals surface area (Å²) in [6, 6.07) is 0. The minimum Gasteiger partial charge on any atom is -0.550 e. The predicted molar refractivity (Wildman–Crippen MR) is 127 cm³/mol. The van der Waals surface area contributed by atoms with Gasteiger partial charge in [-0.15, -0.1) is 0 Å². The summed E-state index contributed by atoms with van der Waals surface area (Å²) in [6.07, 6.45) is 5.66. The van der Waals surface area contributed by atoms with Crippen molar-refractivity contribution in [3.8, 4) is 0 Å². The Hall–Kier alpha value is -0.570. The number of aliphatic carboxylic acids is 1. The molecule has 0 N–H and O–H groups in total. The Bertz CT molecular complexity index is 352. The van der Waals surface area contributed by atoms with Crippen molar-refractivity contribution in [1.82, 2.24) is 0 Å². The lowest BCUT2D eigenvalue weighted by atomic mass is 9.93. The van der Waals surface area contributed by atoms with E-state index in [1.54, 1.807) is 0 Å². The number of carbonyl (C=O) groups excluding carboxylic acids is 1. The molecule has 0 radical (unpaired) electrons. The van der Waals surface area contributed by atoms with Gasteiger partial charge in [-0.1, -0.05) is 76.2 Å². The van der Waals surface area contributed by atoms with Crippen LogP contribution in [0, 0.1) is 29.1 Å². The smallest absolute Gasteiger partial charge is 0.0789 e. The lowest BCUT2D eigenvalue weighted by molar-refractivity contribution is -0.930. The molecular weight excluding hydrogens is 358 g/mol. The summed E-state index contributed by atoms with van der Waals surface area (Å²) < 4.78 is 1.38. The molecule has 0 aromatic heterocycles. The van der Waals surface area contributed by atoms with Crippen molar-refractivity contribution in [2.24, 2.45) is 29.1 Å². The molecule has 29 heavy (non-hydrogen) atoms. The molecular formula is C26H55NO2. The van der Waals surface area contributed by atoms with Crippen LogP contribution in [0.2, 0.25) is 0 Å².